The number of allylic oxidation sites excluding steroid dienone is 1. The first-order valence-corrected chi connectivity index (χ1v) is 3.95. The van der Waals surface area contributed by atoms with Crippen LogP contribution in [0.2, 0.25) is 0 Å². The smallest absolute Gasteiger partial charge is 0 e. The van der Waals surface area contributed by atoms with Crippen LogP contribution in [0.4, 0.5) is 0 Å². The molecule has 1 saturated heterocycles. The van der Waals surface area contributed by atoms with E-state index in [9.17, 15) is 0 Å². The summed E-state index contributed by atoms with van der Waals surface area (Å²) < 4.78 is 0. The summed E-state index contributed by atoms with van der Waals surface area (Å²) in [5.74, 6) is 0.935. The molecule has 1 nitrogen and oxygen atoms in total. The van der Waals surface area contributed by atoms with Gasteiger partial charge < -0.3 is 5.32 Å². The van der Waals surface area contributed by atoms with Gasteiger partial charge in [0.1, 0.15) is 0 Å². The van der Waals surface area contributed by atoms with Crippen molar-refractivity contribution in [2.75, 3.05) is 13.1 Å². The summed E-state index contributed by atoms with van der Waals surface area (Å²) in [6.45, 7) is 12.3. The minimum Gasteiger partial charge on any atom is -0.316 e. The Bertz CT molecular complexity index is 91.7. The quantitative estimate of drug-likeness (QED) is 0.514. The highest BCUT2D eigenvalue weighted by Crippen LogP contribution is 2.03. The van der Waals surface area contributed by atoms with Crippen LogP contribution in [0, 0.1) is 5.92 Å². The molecule has 0 amide bonds. The van der Waals surface area contributed by atoms with Crippen LogP contribution in [0.1, 0.15) is 28.6 Å². The second-order valence-electron chi connectivity index (χ2n) is 3.31. The van der Waals surface area contributed by atoms with E-state index >= 15 is 0 Å². The Labute approximate surface area is 66.0 Å². The summed E-state index contributed by atoms with van der Waals surface area (Å²) in [5.41, 5.74) is 1.17. The fourth-order valence-corrected chi connectivity index (χ4v) is 0.799. The fraction of sp³-hybridized carbons (Fsp3) is 0.778. The van der Waals surface area contributed by atoms with Gasteiger partial charge in [0, 0.05) is 1.43 Å². The summed E-state index contributed by atoms with van der Waals surface area (Å²) >= 11 is 0. The number of hydrogen-bond acceptors (Lipinski definition) is 1. The van der Waals surface area contributed by atoms with Crippen molar-refractivity contribution in [1.82, 2.24) is 5.32 Å². The molecule has 62 valence electrons. The van der Waals surface area contributed by atoms with E-state index in [0.29, 0.717) is 0 Å². The third kappa shape index (κ3) is 7.70. The molecule has 1 heterocycles. The Morgan fingerprint density at radius 1 is 1.60 bits per heavy atom. The lowest BCUT2D eigenvalue weighted by Gasteiger charge is -1.90. The zero-order valence-electron chi connectivity index (χ0n) is 7.41. The van der Waals surface area contributed by atoms with Crippen LogP contribution in [0.15, 0.2) is 12.2 Å². The van der Waals surface area contributed by atoms with Gasteiger partial charge in [0.2, 0.25) is 0 Å². The topological polar surface area (TPSA) is 12.0 Å². The molecule has 10 heavy (non-hydrogen) atoms. The predicted octanol–water partition coefficient (Wildman–Crippen LogP) is 2.44. The van der Waals surface area contributed by atoms with Gasteiger partial charge in [0.05, 0.1) is 0 Å². The molecule has 1 aliphatic heterocycles. The monoisotopic (exact) mass is 143 g/mol. The van der Waals surface area contributed by atoms with Crippen molar-refractivity contribution in [1.29, 1.82) is 0 Å². The first-order valence-electron chi connectivity index (χ1n) is 3.95. The molecule has 1 atom stereocenters. The highest BCUT2D eigenvalue weighted by Gasteiger charge is 2.06. The second-order valence-corrected chi connectivity index (χ2v) is 3.31. The Hall–Kier alpha value is -0.300. The van der Waals surface area contributed by atoms with Crippen LogP contribution in [-0.2, 0) is 0 Å². The lowest BCUT2D eigenvalue weighted by molar-refractivity contribution is 0.651. The predicted molar refractivity (Wildman–Crippen MR) is 49.3 cm³/mol. The van der Waals surface area contributed by atoms with E-state index in [4.69, 9.17) is 0 Å². The van der Waals surface area contributed by atoms with E-state index in [1.165, 1.54) is 25.1 Å². The maximum Gasteiger partial charge on any atom is 0 e. The highest BCUT2D eigenvalue weighted by molar-refractivity contribution is 4.78. The standard InChI is InChI=1S/C5H11N.C4H8.H2/c1-5-2-3-6-4-5;1-4(2)3;/h5-6H,2-4H2,1H3;1H2,2-3H3;1H. The Morgan fingerprint density at radius 3 is 2.20 bits per heavy atom. The summed E-state index contributed by atoms with van der Waals surface area (Å²) in [7, 11) is 0. The largest absolute Gasteiger partial charge is 0.316 e. The molecule has 1 N–H and O–H groups in total. The average Bonchev–Trinajstić information content (AvgIpc) is 2.15. The van der Waals surface area contributed by atoms with Gasteiger partial charge in [-0.15, -0.1) is 6.58 Å². The summed E-state index contributed by atoms with van der Waals surface area (Å²) in [6, 6.07) is 0. The molecule has 1 unspecified atom stereocenters. The van der Waals surface area contributed by atoms with Gasteiger partial charge in [0.15, 0.2) is 0 Å². The summed E-state index contributed by atoms with van der Waals surface area (Å²) in [4.78, 5) is 0. The zero-order chi connectivity index (χ0) is 7.98. The normalized spacial score (nSPS) is 23.3. The van der Waals surface area contributed by atoms with Crippen LogP contribution in [0.3, 0.4) is 0 Å². The van der Waals surface area contributed by atoms with E-state index in [1.807, 2.05) is 13.8 Å². The molecule has 0 aromatic heterocycles. The fourth-order valence-electron chi connectivity index (χ4n) is 0.799. The lowest BCUT2D eigenvalue weighted by atomic mass is 10.2. The Balaban J connectivity index is 0. The van der Waals surface area contributed by atoms with Crippen molar-refractivity contribution in [3.8, 4) is 0 Å². The molecule has 1 heteroatoms. The molecule has 0 aromatic carbocycles. The number of rotatable bonds is 0. The average molecular weight is 143 g/mol. The van der Waals surface area contributed by atoms with Crippen molar-refractivity contribution < 1.29 is 1.43 Å². The van der Waals surface area contributed by atoms with E-state index < -0.39 is 0 Å². The SMILES string of the molecule is C=C(C)C.CC1CCNC1.[HH]. The number of nitrogens with one attached hydrogen (secondary N) is 1. The first kappa shape index (κ1) is 9.70. The van der Waals surface area contributed by atoms with Crippen LogP contribution >= 0.6 is 0 Å². The van der Waals surface area contributed by atoms with Crippen LogP contribution in [0.25, 0.3) is 0 Å². The first-order chi connectivity index (χ1) is 4.63. The number of hydrogen-bond donors (Lipinski definition) is 1. The Morgan fingerprint density at radius 2 is 2.10 bits per heavy atom. The third-order valence-corrected chi connectivity index (χ3v) is 1.31. The highest BCUT2D eigenvalue weighted by atomic mass is 14.9. The minimum absolute atomic E-state index is 0. The zero-order valence-corrected chi connectivity index (χ0v) is 7.41. The molecule has 1 aliphatic rings. The van der Waals surface area contributed by atoms with Gasteiger partial charge in [0.25, 0.3) is 0 Å². The van der Waals surface area contributed by atoms with Gasteiger partial charge in [-0.3, -0.25) is 0 Å². The van der Waals surface area contributed by atoms with Crippen molar-refractivity contribution >= 4 is 0 Å². The summed E-state index contributed by atoms with van der Waals surface area (Å²) in [5, 5.41) is 3.27. The molecule has 0 radical (unpaired) electrons. The van der Waals surface area contributed by atoms with Crippen molar-refractivity contribution in [3.05, 3.63) is 12.2 Å². The van der Waals surface area contributed by atoms with Gasteiger partial charge in [-0.2, -0.15) is 0 Å². The molecule has 0 aliphatic carbocycles. The molecule has 0 spiro atoms. The molecule has 0 bridgehead atoms. The van der Waals surface area contributed by atoms with Crippen molar-refractivity contribution in [2.45, 2.75) is 27.2 Å². The Kier molecular flexibility index (Phi) is 5.32. The van der Waals surface area contributed by atoms with Gasteiger partial charge >= 0.3 is 0 Å². The van der Waals surface area contributed by atoms with E-state index in [2.05, 4.69) is 18.8 Å². The molecule has 0 saturated carbocycles. The third-order valence-electron chi connectivity index (χ3n) is 1.31. The molecule has 1 fully saturated rings. The van der Waals surface area contributed by atoms with Crippen LogP contribution < -0.4 is 5.32 Å². The van der Waals surface area contributed by atoms with Crippen LogP contribution in [0.5, 0.6) is 0 Å². The van der Waals surface area contributed by atoms with Crippen LogP contribution in [-0.4, -0.2) is 13.1 Å². The molecular weight excluding hydrogens is 122 g/mol. The maximum absolute atomic E-state index is 3.56. The lowest BCUT2D eigenvalue weighted by Crippen LogP contribution is -2.06. The van der Waals surface area contributed by atoms with Gasteiger partial charge in [-0.1, -0.05) is 12.5 Å². The van der Waals surface area contributed by atoms with E-state index in [-0.39, 0.29) is 1.43 Å². The molecular formula is C9H21N. The minimum atomic E-state index is 0. The maximum atomic E-state index is 3.56. The van der Waals surface area contributed by atoms with E-state index in [1.54, 1.807) is 0 Å². The van der Waals surface area contributed by atoms with Crippen molar-refractivity contribution in [3.63, 3.8) is 0 Å². The second kappa shape index (κ2) is 5.48. The van der Waals surface area contributed by atoms with Gasteiger partial charge in [-0.05, 0) is 39.3 Å². The molecule has 1 rings (SSSR count). The molecule has 0 aromatic rings. The summed E-state index contributed by atoms with van der Waals surface area (Å²) in [6.07, 6.45) is 1.38. The van der Waals surface area contributed by atoms with E-state index in [0.717, 1.165) is 5.92 Å². The van der Waals surface area contributed by atoms with Gasteiger partial charge in [-0.25, -0.2) is 0 Å². The van der Waals surface area contributed by atoms with Crippen molar-refractivity contribution in [2.24, 2.45) is 5.92 Å².